The molecule has 12 nitrogen and oxygen atoms in total. The van der Waals surface area contributed by atoms with E-state index in [9.17, 15) is 44.7 Å². The average Bonchev–Trinajstić information content (AvgIpc) is 3.25. The molecular weight excluding hydrogens is 889 g/mol. The highest BCUT2D eigenvalue weighted by atomic mass is 35.5. The number of hydrogen-bond acceptors (Lipinski definition) is 10. The number of sulfonamides is 1. The van der Waals surface area contributed by atoms with Gasteiger partial charge in [-0.2, -0.15) is 13.2 Å². The van der Waals surface area contributed by atoms with E-state index < -0.39 is 65.0 Å². The van der Waals surface area contributed by atoms with Crippen LogP contribution in [0.1, 0.15) is 41.3 Å². The van der Waals surface area contributed by atoms with Crippen molar-refractivity contribution in [3.63, 3.8) is 0 Å². The number of thioether (sulfide) groups is 1. The van der Waals surface area contributed by atoms with Gasteiger partial charge in [-0.3, -0.25) is 4.79 Å². The van der Waals surface area contributed by atoms with Gasteiger partial charge < -0.3 is 25.7 Å². The van der Waals surface area contributed by atoms with Crippen LogP contribution in [0.15, 0.2) is 136 Å². The maximum atomic E-state index is 14.0. The van der Waals surface area contributed by atoms with Crippen molar-refractivity contribution in [1.29, 1.82) is 0 Å². The number of carbonyl (C=O) groups excluding carboxylic acids is 1. The van der Waals surface area contributed by atoms with E-state index in [1.807, 2.05) is 41.1 Å². The van der Waals surface area contributed by atoms with Gasteiger partial charge in [0.1, 0.15) is 4.90 Å². The molecule has 0 bridgehead atoms. The standard InChI is InChI=1S/C43H42ClF3N4O8S3/c44-31-14-10-28(11-15-31)36-8-4-5-9-37(36)40(52)29-21-24-51(25-22-29)33-16-12-30(13-17-33)41(53)50-62(58,59)35-18-19-38(39(26-35)61(56,57)43(45,46)47)49-32(20-23-48-42(54)55)27-60-34-6-2-1-3-7-34/h1-19,26,29,32,40,48-49,52H,20-25,27H2,(H,50,53)(H,54,55)/t32-,40-/m1/s1. The van der Waals surface area contributed by atoms with Crippen molar-refractivity contribution >= 4 is 66.6 Å². The molecule has 1 heterocycles. The summed E-state index contributed by atoms with van der Waals surface area (Å²) < 4.78 is 96.4. The van der Waals surface area contributed by atoms with Gasteiger partial charge in [0.15, 0.2) is 0 Å². The molecule has 5 N–H and O–H groups in total. The predicted octanol–water partition coefficient (Wildman–Crippen LogP) is 8.60. The quantitative estimate of drug-likeness (QED) is 0.0598. The van der Waals surface area contributed by atoms with E-state index in [1.54, 1.807) is 54.6 Å². The van der Waals surface area contributed by atoms with Crippen LogP contribution >= 0.6 is 23.4 Å². The molecular formula is C43H42ClF3N4O8S3. The van der Waals surface area contributed by atoms with Crippen molar-refractivity contribution in [2.75, 3.05) is 35.6 Å². The smallest absolute Gasteiger partial charge is 0.465 e. The summed E-state index contributed by atoms with van der Waals surface area (Å²) in [5, 5.41) is 26.0. The number of aliphatic hydroxyl groups is 1. The molecule has 0 unspecified atom stereocenters. The fourth-order valence-corrected chi connectivity index (χ4v) is 10.2. The zero-order valence-corrected chi connectivity index (χ0v) is 36.0. The van der Waals surface area contributed by atoms with Crippen LogP contribution in [0.5, 0.6) is 0 Å². The van der Waals surface area contributed by atoms with E-state index in [0.717, 1.165) is 39.4 Å². The van der Waals surface area contributed by atoms with Crippen LogP contribution in [-0.4, -0.2) is 76.0 Å². The van der Waals surface area contributed by atoms with Crippen molar-refractivity contribution in [2.24, 2.45) is 5.92 Å². The lowest BCUT2D eigenvalue weighted by atomic mass is 9.84. The van der Waals surface area contributed by atoms with E-state index in [1.165, 1.54) is 23.9 Å². The summed E-state index contributed by atoms with van der Waals surface area (Å²) in [4.78, 5) is 24.8. The fourth-order valence-electron chi connectivity index (χ4n) is 7.06. The third-order valence-corrected chi connectivity index (χ3v) is 14.6. The van der Waals surface area contributed by atoms with E-state index in [0.29, 0.717) is 37.0 Å². The lowest BCUT2D eigenvalue weighted by Crippen LogP contribution is -2.36. The average molecular weight is 931 g/mol. The van der Waals surface area contributed by atoms with Gasteiger partial charge in [0.25, 0.3) is 25.8 Å². The number of benzene rings is 5. The van der Waals surface area contributed by atoms with E-state index in [2.05, 4.69) is 15.5 Å². The second-order valence-electron chi connectivity index (χ2n) is 14.4. The Labute approximate surface area is 366 Å². The molecule has 328 valence electrons. The first-order valence-electron chi connectivity index (χ1n) is 19.2. The summed E-state index contributed by atoms with van der Waals surface area (Å²) in [5.74, 6) is -0.981. The number of sulfone groups is 1. The fraction of sp³-hybridized carbons (Fsp3) is 0.256. The number of piperidine rings is 1. The number of carboxylic acid groups (broad SMARTS) is 1. The lowest BCUT2D eigenvalue weighted by Gasteiger charge is -2.36. The molecule has 1 saturated heterocycles. The van der Waals surface area contributed by atoms with Crippen LogP contribution in [-0.2, 0) is 19.9 Å². The number of hydrogen-bond donors (Lipinski definition) is 5. The van der Waals surface area contributed by atoms with Crippen molar-refractivity contribution in [2.45, 2.75) is 51.6 Å². The van der Waals surface area contributed by atoms with Gasteiger partial charge >= 0.3 is 11.6 Å². The monoisotopic (exact) mass is 930 g/mol. The molecule has 5 aromatic carbocycles. The van der Waals surface area contributed by atoms with Gasteiger partial charge in [-0.05, 0) is 109 Å². The van der Waals surface area contributed by atoms with Gasteiger partial charge in [-0.25, -0.2) is 26.4 Å². The first kappa shape index (κ1) is 46.2. The van der Waals surface area contributed by atoms with Crippen molar-refractivity contribution in [3.8, 4) is 11.1 Å². The number of alkyl halides is 3. The topological polar surface area (TPSA) is 182 Å². The van der Waals surface area contributed by atoms with Crippen molar-refractivity contribution in [1.82, 2.24) is 10.0 Å². The second kappa shape index (κ2) is 19.8. The van der Waals surface area contributed by atoms with E-state index in [4.69, 9.17) is 16.7 Å². The molecule has 0 spiro atoms. The third kappa shape index (κ3) is 11.4. The molecule has 1 aliphatic rings. The molecule has 5 aromatic rings. The largest absolute Gasteiger partial charge is 0.501 e. The number of carbonyl (C=O) groups is 2. The summed E-state index contributed by atoms with van der Waals surface area (Å²) in [7, 11) is -11.1. The number of nitrogens with one attached hydrogen (secondary N) is 3. The molecule has 1 fully saturated rings. The highest BCUT2D eigenvalue weighted by molar-refractivity contribution is 7.99. The summed E-state index contributed by atoms with van der Waals surface area (Å²) in [6.45, 7) is 1.04. The number of anilines is 2. The maximum Gasteiger partial charge on any atom is 0.501 e. The molecule has 62 heavy (non-hydrogen) atoms. The number of amides is 2. The molecule has 2 amide bonds. The Balaban J connectivity index is 1.13. The molecule has 0 saturated carbocycles. The minimum Gasteiger partial charge on any atom is -0.465 e. The number of halogens is 4. The first-order chi connectivity index (χ1) is 29.4. The Hall–Kier alpha value is -5.27. The highest BCUT2D eigenvalue weighted by Crippen LogP contribution is 2.39. The van der Waals surface area contributed by atoms with Crippen LogP contribution in [0.25, 0.3) is 11.1 Å². The summed E-state index contributed by atoms with van der Waals surface area (Å²) in [5.41, 5.74) is -3.08. The van der Waals surface area contributed by atoms with Gasteiger partial charge in [-0.1, -0.05) is 66.2 Å². The van der Waals surface area contributed by atoms with E-state index >= 15 is 0 Å². The Morgan fingerprint density at radius 3 is 2.15 bits per heavy atom. The predicted molar refractivity (Wildman–Crippen MR) is 233 cm³/mol. The second-order valence-corrected chi connectivity index (χ2v) is 19.6. The van der Waals surface area contributed by atoms with Crippen LogP contribution in [0, 0.1) is 5.92 Å². The van der Waals surface area contributed by atoms with Gasteiger partial charge in [-0.15, -0.1) is 11.8 Å². The first-order valence-corrected chi connectivity index (χ1v) is 23.6. The minimum absolute atomic E-state index is 0.0226. The Morgan fingerprint density at radius 1 is 0.855 bits per heavy atom. The summed E-state index contributed by atoms with van der Waals surface area (Å²) >= 11 is 7.36. The van der Waals surface area contributed by atoms with Crippen LogP contribution in [0.4, 0.5) is 29.3 Å². The Morgan fingerprint density at radius 2 is 1.50 bits per heavy atom. The zero-order chi connectivity index (χ0) is 44.7. The SMILES string of the molecule is O=C(O)NCC[C@H](CSc1ccccc1)Nc1ccc(S(=O)(=O)NC(=O)c2ccc(N3CCC([C@@H](O)c4ccccc4-c4ccc(Cl)cc4)CC3)cc2)cc1S(=O)(=O)C(F)(F)F. The zero-order valence-electron chi connectivity index (χ0n) is 32.8. The van der Waals surface area contributed by atoms with Crippen LogP contribution in [0.3, 0.4) is 0 Å². The molecule has 0 aromatic heterocycles. The van der Waals surface area contributed by atoms with Crippen LogP contribution < -0.4 is 20.3 Å². The van der Waals surface area contributed by atoms with Gasteiger partial charge in [0.05, 0.1) is 16.7 Å². The van der Waals surface area contributed by atoms with E-state index in [-0.39, 0.29) is 30.2 Å². The Bertz CT molecular complexity index is 2580. The van der Waals surface area contributed by atoms with Gasteiger partial charge in [0.2, 0.25) is 0 Å². The maximum absolute atomic E-state index is 14.0. The number of aliphatic hydroxyl groups excluding tert-OH is 1. The summed E-state index contributed by atoms with van der Waals surface area (Å²) in [6.07, 6.45) is -0.718. The molecule has 0 radical (unpaired) electrons. The van der Waals surface area contributed by atoms with Crippen molar-refractivity contribution in [3.05, 3.63) is 137 Å². The molecule has 2 atom stereocenters. The third-order valence-electron chi connectivity index (χ3n) is 10.3. The summed E-state index contributed by atoms with van der Waals surface area (Å²) in [6, 6.07) is 31.3. The number of rotatable bonds is 16. The molecule has 19 heteroatoms. The molecule has 6 rings (SSSR count). The highest BCUT2D eigenvalue weighted by Gasteiger charge is 2.48. The molecule has 1 aliphatic heterocycles. The van der Waals surface area contributed by atoms with Gasteiger partial charge in [0, 0.05) is 52.6 Å². The van der Waals surface area contributed by atoms with Crippen LogP contribution in [0.2, 0.25) is 5.02 Å². The normalized spacial score (nSPS) is 14.8. The van der Waals surface area contributed by atoms with Crippen molar-refractivity contribution < 1.29 is 49.8 Å². The Kier molecular flexibility index (Phi) is 14.8. The minimum atomic E-state index is -6.15. The molecule has 0 aliphatic carbocycles. The number of nitrogens with zero attached hydrogens (tertiary/aromatic N) is 1. The lowest BCUT2D eigenvalue weighted by molar-refractivity contribution is -0.0436.